The van der Waals surface area contributed by atoms with E-state index in [2.05, 4.69) is 164 Å². The van der Waals surface area contributed by atoms with Gasteiger partial charge < -0.3 is 8.98 Å². The average molecular weight is 680 g/mol. The third-order valence-corrected chi connectivity index (χ3v) is 11.2. The molecule has 10 aromatic rings. The van der Waals surface area contributed by atoms with Gasteiger partial charge in [-0.2, -0.15) is 0 Å². The number of hydrogen-bond acceptors (Lipinski definition) is 3. The van der Waals surface area contributed by atoms with Crippen LogP contribution < -0.4 is 0 Å². The van der Waals surface area contributed by atoms with Crippen molar-refractivity contribution >= 4 is 43.7 Å². The number of furan rings is 1. The van der Waals surface area contributed by atoms with Crippen molar-refractivity contribution in [1.29, 1.82) is 0 Å². The zero-order valence-corrected chi connectivity index (χ0v) is 29.3. The van der Waals surface area contributed by atoms with Gasteiger partial charge in [-0.25, -0.2) is 9.97 Å². The fourth-order valence-electron chi connectivity index (χ4n) is 8.64. The number of benzene rings is 7. The highest BCUT2D eigenvalue weighted by Gasteiger charge is 2.35. The van der Waals surface area contributed by atoms with E-state index in [1.807, 2.05) is 18.2 Å². The van der Waals surface area contributed by atoms with Gasteiger partial charge in [0.25, 0.3) is 0 Å². The maximum Gasteiger partial charge on any atom is 0.160 e. The summed E-state index contributed by atoms with van der Waals surface area (Å²) in [6.45, 7) is 4.63. The molecule has 0 saturated carbocycles. The third-order valence-electron chi connectivity index (χ3n) is 11.2. The maximum atomic E-state index is 6.56. The van der Waals surface area contributed by atoms with Crippen LogP contribution in [-0.2, 0) is 5.41 Å². The van der Waals surface area contributed by atoms with E-state index >= 15 is 0 Å². The number of para-hydroxylation sites is 2. The van der Waals surface area contributed by atoms with Crippen LogP contribution >= 0.6 is 0 Å². The van der Waals surface area contributed by atoms with E-state index in [4.69, 9.17) is 14.4 Å². The van der Waals surface area contributed by atoms with Crippen molar-refractivity contribution in [3.05, 3.63) is 175 Å². The van der Waals surface area contributed by atoms with Gasteiger partial charge in [-0.15, -0.1) is 0 Å². The molecule has 0 unspecified atom stereocenters. The normalized spacial score (nSPS) is 13.2. The summed E-state index contributed by atoms with van der Waals surface area (Å²) < 4.78 is 8.90. The number of rotatable bonds is 4. The summed E-state index contributed by atoms with van der Waals surface area (Å²) in [5.41, 5.74) is 15.1. The van der Waals surface area contributed by atoms with Crippen LogP contribution in [-0.4, -0.2) is 14.5 Å². The fraction of sp³-hybridized carbons (Fsp3) is 0.0612. The molecule has 1 aliphatic rings. The predicted octanol–water partition coefficient (Wildman–Crippen LogP) is 12.8. The van der Waals surface area contributed by atoms with Gasteiger partial charge in [0.1, 0.15) is 11.2 Å². The maximum absolute atomic E-state index is 6.56. The molecule has 4 nitrogen and oxygen atoms in total. The molecule has 7 aromatic carbocycles. The Morgan fingerprint density at radius 3 is 2.09 bits per heavy atom. The van der Waals surface area contributed by atoms with E-state index in [1.165, 1.54) is 22.3 Å². The molecule has 3 aromatic heterocycles. The minimum Gasteiger partial charge on any atom is -0.455 e. The lowest BCUT2D eigenvalue weighted by atomic mass is 9.82. The van der Waals surface area contributed by atoms with E-state index in [9.17, 15) is 0 Å². The van der Waals surface area contributed by atoms with Crippen LogP contribution in [0.1, 0.15) is 25.0 Å². The first-order valence-electron chi connectivity index (χ1n) is 18.2. The van der Waals surface area contributed by atoms with E-state index in [0.29, 0.717) is 5.82 Å². The molecular weight excluding hydrogens is 647 g/mol. The second kappa shape index (κ2) is 11.1. The lowest BCUT2D eigenvalue weighted by Crippen LogP contribution is -2.15. The summed E-state index contributed by atoms with van der Waals surface area (Å²) in [7, 11) is 0. The summed E-state index contributed by atoms with van der Waals surface area (Å²) in [5, 5.41) is 4.55. The van der Waals surface area contributed by atoms with Crippen molar-refractivity contribution in [1.82, 2.24) is 14.5 Å². The molecule has 0 N–H and O–H groups in total. The number of aromatic nitrogens is 3. The van der Waals surface area contributed by atoms with Crippen LogP contribution in [0.2, 0.25) is 0 Å². The van der Waals surface area contributed by atoms with Gasteiger partial charge in [0.05, 0.1) is 27.8 Å². The van der Waals surface area contributed by atoms with Crippen molar-refractivity contribution in [3.63, 3.8) is 0 Å². The highest BCUT2D eigenvalue weighted by atomic mass is 16.3. The van der Waals surface area contributed by atoms with Crippen molar-refractivity contribution in [3.8, 4) is 50.7 Å². The molecular formula is C49H33N3O. The van der Waals surface area contributed by atoms with E-state index in [-0.39, 0.29) is 5.41 Å². The van der Waals surface area contributed by atoms with Gasteiger partial charge in [-0.05, 0) is 70.8 Å². The first kappa shape index (κ1) is 29.9. The Morgan fingerprint density at radius 1 is 0.491 bits per heavy atom. The molecule has 0 radical (unpaired) electrons. The minimum atomic E-state index is -0.119. The summed E-state index contributed by atoms with van der Waals surface area (Å²) >= 11 is 0. The van der Waals surface area contributed by atoms with Gasteiger partial charge in [-0.1, -0.05) is 129 Å². The first-order chi connectivity index (χ1) is 26.0. The third kappa shape index (κ3) is 4.42. The predicted molar refractivity (Wildman–Crippen MR) is 218 cm³/mol. The lowest BCUT2D eigenvalue weighted by Gasteiger charge is -2.21. The Hall–Kier alpha value is -6.78. The molecule has 0 fully saturated rings. The topological polar surface area (TPSA) is 43.9 Å². The van der Waals surface area contributed by atoms with Crippen LogP contribution in [0.3, 0.4) is 0 Å². The van der Waals surface area contributed by atoms with Crippen molar-refractivity contribution < 1.29 is 4.42 Å². The van der Waals surface area contributed by atoms with Gasteiger partial charge in [-0.3, -0.25) is 0 Å². The Labute approximate surface area is 306 Å². The molecule has 11 rings (SSSR count). The van der Waals surface area contributed by atoms with Gasteiger partial charge in [0, 0.05) is 44.0 Å². The molecule has 0 amide bonds. The molecule has 0 atom stereocenters. The second-order valence-corrected chi connectivity index (χ2v) is 14.6. The molecule has 250 valence electrons. The molecule has 4 heteroatoms. The van der Waals surface area contributed by atoms with Gasteiger partial charge in [0.15, 0.2) is 5.82 Å². The zero-order valence-electron chi connectivity index (χ0n) is 29.3. The summed E-state index contributed by atoms with van der Waals surface area (Å²) in [5.74, 6) is 0.713. The van der Waals surface area contributed by atoms with Crippen molar-refractivity contribution in [2.24, 2.45) is 0 Å². The van der Waals surface area contributed by atoms with Gasteiger partial charge >= 0.3 is 0 Å². The van der Waals surface area contributed by atoms with Crippen LogP contribution in [0.15, 0.2) is 168 Å². The molecule has 1 aliphatic carbocycles. The summed E-state index contributed by atoms with van der Waals surface area (Å²) in [6, 6.07) is 58.0. The summed E-state index contributed by atoms with van der Waals surface area (Å²) in [4.78, 5) is 10.5. The summed E-state index contributed by atoms with van der Waals surface area (Å²) in [6.07, 6.45) is 0. The highest BCUT2D eigenvalue weighted by Crippen LogP contribution is 2.49. The van der Waals surface area contributed by atoms with Crippen LogP contribution in [0.25, 0.3) is 94.5 Å². The average Bonchev–Trinajstić information content (AvgIpc) is 3.83. The Kier molecular flexibility index (Phi) is 6.27. The molecule has 0 saturated heterocycles. The lowest BCUT2D eigenvalue weighted by molar-refractivity contribution is 0.660. The monoisotopic (exact) mass is 679 g/mol. The first-order valence-corrected chi connectivity index (χ1v) is 18.2. The molecule has 3 heterocycles. The number of nitrogens with zero attached hydrogens (tertiary/aromatic N) is 3. The Balaban J connectivity index is 1.10. The highest BCUT2D eigenvalue weighted by molar-refractivity contribution is 6.23. The zero-order chi connectivity index (χ0) is 35.3. The number of hydrogen-bond donors (Lipinski definition) is 0. The quantitative estimate of drug-likeness (QED) is 0.186. The largest absolute Gasteiger partial charge is 0.455 e. The minimum absolute atomic E-state index is 0.119. The van der Waals surface area contributed by atoms with E-state index < -0.39 is 0 Å². The standard InChI is InChI=1S/C49H33N3O/c1-49(2)39-20-9-6-17-34(39)35-24-23-32(28-40(35)49)48-50-41(30-13-4-3-5-14-30)29-42(51-48)31-15-12-16-33(27-31)52-43-21-10-7-19-38(43)46-44(52)26-25-37-36-18-8-11-22-45(36)53-47(37)46/h3-29H,1-2H3. The van der Waals surface area contributed by atoms with Crippen LogP contribution in [0.5, 0.6) is 0 Å². The fourth-order valence-corrected chi connectivity index (χ4v) is 8.64. The van der Waals surface area contributed by atoms with Crippen LogP contribution in [0, 0.1) is 0 Å². The van der Waals surface area contributed by atoms with Crippen molar-refractivity contribution in [2.75, 3.05) is 0 Å². The Morgan fingerprint density at radius 2 is 1.21 bits per heavy atom. The Bertz CT molecular complexity index is 3090. The molecule has 0 spiro atoms. The van der Waals surface area contributed by atoms with Crippen molar-refractivity contribution in [2.45, 2.75) is 19.3 Å². The SMILES string of the molecule is CC1(C)c2ccccc2-c2ccc(-c3nc(-c4ccccc4)cc(-c4cccc(-n5c6ccccc6c6c7oc8ccccc8c7ccc65)c4)n3)cc21. The van der Waals surface area contributed by atoms with E-state index in [1.54, 1.807) is 0 Å². The van der Waals surface area contributed by atoms with E-state index in [0.717, 1.165) is 77.5 Å². The van der Waals surface area contributed by atoms with Gasteiger partial charge in [0.2, 0.25) is 0 Å². The number of fused-ring (bicyclic) bond motifs is 10. The molecule has 0 aliphatic heterocycles. The van der Waals surface area contributed by atoms with Crippen LogP contribution in [0.4, 0.5) is 0 Å². The second-order valence-electron chi connectivity index (χ2n) is 14.6. The smallest absolute Gasteiger partial charge is 0.160 e. The molecule has 53 heavy (non-hydrogen) atoms. The molecule has 0 bridgehead atoms.